The first-order valence-electron chi connectivity index (χ1n) is 8.37. The van der Waals surface area contributed by atoms with Crippen LogP contribution in [0.15, 0.2) is 30.3 Å². The second-order valence-electron chi connectivity index (χ2n) is 6.80. The third-order valence-electron chi connectivity index (χ3n) is 4.89. The number of benzene rings is 1. The van der Waals surface area contributed by atoms with Crippen molar-refractivity contribution in [2.24, 2.45) is 5.92 Å². The lowest BCUT2D eigenvalue weighted by Gasteiger charge is -2.36. The lowest BCUT2D eigenvalue weighted by Crippen LogP contribution is -2.47. The molecule has 3 nitrogen and oxygen atoms in total. The molecule has 0 saturated carbocycles. The van der Waals surface area contributed by atoms with E-state index in [-0.39, 0.29) is 5.54 Å². The van der Waals surface area contributed by atoms with Crippen LogP contribution in [0.1, 0.15) is 31.7 Å². The monoisotopic (exact) mass is 288 g/mol. The zero-order valence-electron chi connectivity index (χ0n) is 13.2. The van der Waals surface area contributed by atoms with Crippen LogP contribution < -0.4 is 5.32 Å². The van der Waals surface area contributed by atoms with Crippen LogP contribution in [-0.2, 0) is 10.3 Å². The molecule has 2 heterocycles. The third-order valence-corrected chi connectivity index (χ3v) is 4.89. The SMILES string of the molecule is CC1(c2ccccc2)CN(CC2CCCOC2)CCCN1. The van der Waals surface area contributed by atoms with Gasteiger partial charge in [0.1, 0.15) is 0 Å². The quantitative estimate of drug-likeness (QED) is 0.925. The Morgan fingerprint density at radius 2 is 2.14 bits per heavy atom. The molecule has 116 valence electrons. The summed E-state index contributed by atoms with van der Waals surface area (Å²) in [7, 11) is 0. The minimum atomic E-state index is 0.0628. The predicted molar refractivity (Wildman–Crippen MR) is 86.4 cm³/mol. The Morgan fingerprint density at radius 1 is 1.29 bits per heavy atom. The average molecular weight is 288 g/mol. The molecule has 1 aromatic rings. The van der Waals surface area contributed by atoms with E-state index in [9.17, 15) is 0 Å². The van der Waals surface area contributed by atoms with E-state index in [2.05, 4.69) is 47.5 Å². The molecule has 3 heteroatoms. The standard InChI is InChI=1S/C18H28N2O/c1-18(17-8-3-2-4-9-17)15-20(11-6-10-19-18)13-16-7-5-12-21-14-16/h2-4,8-9,16,19H,5-7,10-15H2,1H3. The topological polar surface area (TPSA) is 24.5 Å². The first-order valence-corrected chi connectivity index (χ1v) is 8.37. The minimum absolute atomic E-state index is 0.0628. The average Bonchev–Trinajstić information content (AvgIpc) is 2.72. The molecular formula is C18H28N2O. The number of hydrogen-bond donors (Lipinski definition) is 1. The van der Waals surface area contributed by atoms with Crippen LogP contribution in [0, 0.1) is 5.92 Å². The van der Waals surface area contributed by atoms with Gasteiger partial charge in [-0.1, -0.05) is 30.3 Å². The molecule has 0 radical (unpaired) electrons. The minimum Gasteiger partial charge on any atom is -0.381 e. The van der Waals surface area contributed by atoms with Gasteiger partial charge in [0.05, 0.1) is 12.1 Å². The van der Waals surface area contributed by atoms with Crippen LogP contribution in [0.3, 0.4) is 0 Å². The van der Waals surface area contributed by atoms with E-state index in [0.717, 1.165) is 32.2 Å². The zero-order valence-corrected chi connectivity index (χ0v) is 13.2. The largest absolute Gasteiger partial charge is 0.381 e. The second-order valence-corrected chi connectivity index (χ2v) is 6.80. The summed E-state index contributed by atoms with van der Waals surface area (Å²) < 4.78 is 5.65. The molecule has 0 amide bonds. The van der Waals surface area contributed by atoms with Crippen LogP contribution in [0.5, 0.6) is 0 Å². The van der Waals surface area contributed by atoms with Gasteiger partial charge in [-0.2, -0.15) is 0 Å². The zero-order chi connectivity index (χ0) is 14.5. The van der Waals surface area contributed by atoms with Crippen LogP contribution >= 0.6 is 0 Å². The Morgan fingerprint density at radius 3 is 2.90 bits per heavy atom. The lowest BCUT2D eigenvalue weighted by atomic mass is 9.91. The molecule has 1 aromatic carbocycles. The van der Waals surface area contributed by atoms with Crippen molar-refractivity contribution in [1.82, 2.24) is 10.2 Å². The van der Waals surface area contributed by atoms with E-state index < -0.39 is 0 Å². The molecule has 0 bridgehead atoms. The summed E-state index contributed by atoms with van der Waals surface area (Å²) in [5.74, 6) is 0.719. The van der Waals surface area contributed by atoms with Gasteiger partial charge in [-0.05, 0) is 50.8 Å². The number of nitrogens with zero attached hydrogens (tertiary/aromatic N) is 1. The Kier molecular flexibility index (Phi) is 4.94. The number of nitrogens with one attached hydrogen (secondary N) is 1. The van der Waals surface area contributed by atoms with Crippen molar-refractivity contribution in [3.8, 4) is 0 Å². The maximum Gasteiger partial charge on any atom is 0.0534 e. The maximum absolute atomic E-state index is 5.65. The molecule has 2 fully saturated rings. The van der Waals surface area contributed by atoms with Crippen molar-refractivity contribution in [1.29, 1.82) is 0 Å². The molecule has 2 unspecified atom stereocenters. The van der Waals surface area contributed by atoms with Crippen molar-refractivity contribution < 1.29 is 4.74 Å². The Balaban J connectivity index is 1.68. The molecule has 2 saturated heterocycles. The van der Waals surface area contributed by atoms with E-state index in [1.807, 2.05) is 0 Å². The number of ether oxygens (including phenoxy) is 1. The summed E-state index contributed by atoms with van der Waals surface area (Å²) >= 11 is 0. The van der Waals surface area contributed by atoms with Crippen molar-refractivity contribution in [3.05, 3.63) is 35.9 Å². The highest BCUT2D eigenvalue weighted by atomic mass is 16.5. The normalized spacial score (nSPS) is 31.8. The van der Waals surface area contributed by atoms with Gasteiger partial charge >= 0.3 is 0 Å². The fraction of sp³-hybridized carbons (Fsp3) is 0.667. The smallest absolute Gasteiger partial charge is 0.0534 e. The van der Waals surface area contributed by atoms with E-state index in [1.54, 1.807) is 0 Å². The Labute approximate surface area is 128 Å². The van der Waals surface area contributed by atoms with Gasteiger partial charge in [0, 0.05) is 19.7 Å². The summed E-state index contributed by atoms with van der Waals surface area (Å²) in [5, 5.41) is 3.77. The van der Waals surface area contributed by atoms with Gasteiger partial charge in [-0.15, -0.1) is 0 Å². The molecule has 2 aliphatic heterocycles. The molecule has 2 atom stereocenters. The fourth-order valence-electron chi connectivity index (χ4n) is 3.72. The van der Waals surface area contributed by atoms with Crippen molar-refractivity contribution >= 4 is 0 Å². The van der Waals surface area contributed by atoms with E-state index in [4.69, 9.17) is 4.74 Å². The highest BCUT2D eigenvalue weighted by molar-refractivity contribution is 5.24. The van der Waals surface area contributed by atoms with Crippen LogP contribution in [-0.4, -0.2) is 44.3 Å². The molecule has 2 aliphatic rings. The highest BCUT2D eigenvalue weighted by Crippen LogP contribution is 2.25. The van der Waals surface area contributed by atoms with Crippen molar-refractivity contribution in [3.63, 3.8) is 0 Å². The third kappa shape index (κ3) is 3.85. The van der Waals surface area contributed by atoms with Gasteiger partial charge in [-0.3, -0.25) is 0 Å². The molecule has 0 aromatic heterocycles. The van der Waals surface area contributed by atoms with Gasteiger partial charge < -0.3 is 15.0 Å². The Hall–Kier alpha value is -0.900. The summed E-state index contributed by atoms with van der Waals surface area (Å²) in [5.41, 5.74) is 1.46. The Bertz CT molecular complexity index is 430. The maximum atomic E-state index is 5.65. The van der Waals surface area contributed by atoms with Gasteiger partial charge in [0.2, 0.25) is 0 Å². The predicted octanol–water partition coefficient (Wildman–Crippen LogP) is 2.62. The summed E-state index contributed by atoms with van der Waals surface area (Å²) in [6.07, 6.45) is 3.79. The highest BCUT2D eigenvalue weighted by Gasteiger charge is 2.31. The first-order chi connectivity index (χ1) is 10.3. The molecule has 1 N–H and O–H groups in total. The number of rotatable bonds is 3. The second kappa shape index (κ2) is 6.91. The molecule has 0 aliphatic carbocycles. The van der Waals surface area contributed by atoms with E-state index >= 15 is 0 Å². The van der Waals surface area contributed by atoms with Gasteiger partial charge in [-0.25, -0.2) is 0 Å². The number of hydrogen-bond acceptors (Lipinski definition) is 3. The molecule has 21 heavy (non-hydrogen) atoms. The van der Waals surface area contributed by atoms with E-state index in [1.165, 1.54) is 37.9 Å². The van der Waals surface area contributed by atoms with Crippen LogP contribution in [0.25, 0.3) is 0 Å². The van der Waals surface area contributed by atoms with Crippen LogP contribution in [0.2, 0.25) is 0 Å². The molecule has 0 spiro atoms. The van der Waals surface area contributed by atoms with Gasteiger partial charge in [0.25, 0.3) is 0 Å². The summed E-state index contributed by atoms with van der Waals surface area (Å²) in [6.45, 7) is 8.83. The molecule has 3 rings (SSSR count). The molecular weight excluding hydrogens is 260 g/mol. The lowest BCUT2D eigenvalue weighted by molar-refractivity contribution is 0.0360. The van der Waals surface area contributed by atoms with Crippen LogP contribution in [0.4, 0.5) is 0 Å². The summed E-state index contributed by atoms with van der Waals surface area (Å²) in [6, 6.07) is 10.9. The van der Waals surface area contributed by atoms with Crippen molar-refractivity contribution in [2.45, 2.75) is 31.7 Å². The summed E-state index contributed by atoms with van der Waals surface area (Å²) in [4.78, 5) is 2.65. The first kappa shape index (κ1) is 15.0. The fourth-order valence-corrected chi connectivity index (χ4v) is 3.72. The van der Waals surface area contributed by atoms with E-state index in [0.29, 0.717) is 0 Å². The van der Waals surface area contributed by atoms with Crippen molar-refractivity contribution in [2.75, 3.05) is 39.4 Å². The van der Waals surface area contributed by atoms with Gasteiger partial charge in [0.15, 0.2) is 0 Å².